The standard InChI is InChI=1S/C10H13NO2/c1-3-13-9-6-4-8(5-7-9)10(12)11-2/h4-7H,2-3,11H2,1H3. The summed E-state index contributed by atoms with van der Waals surface area (Å²) in [7, 11) is 3.41. The predicted octanol–water partition coefficient (Wildman–Crippen LogP) is 0.580. The molecule has 1 rings (SSSR count). The highest BCUT2D eigenvalue weighted by Crippen LogP contribution is 2.11. The van der Waals surface area contributed by atoms with Gasteiger partial charge in [0.05, 0.1) is 12.2 Å². The number of rotatable bonds is 3. The second-order valence-electron chi connectivity index (χ2n) is 2.53. The first-order valence-electron chi connectivity index (χ1n) is 4.17. The molecule has 1 amide bonds. The fourth-order valence-electron chi connectivity index (χ4n) is 1.000. The van der Waals surface area contributed by atoms with E-state index in [0.29, 0.717) is 12.2 Å². The van der Waals surface area contributed by atoms with Gasteiger partial charge in [-0.05, 0) is 31.2 Å². The van der Waals surface area contributed by atoms with Gasteiger partial charge < -0.3 is 10.1 Å². The van der Waals surface area contributed by atoms with Crippen LogP contribution in [0.1, 0.15) is 17.3 Å². The van der Waals surface area contributed by atoms with Gasteiger partial charge >= 0.3 is 5.91 Å². The summed E-state index contributed by atoms with van der Waals surface area (Å²) < 4.78 is 5.24. The lowest BCUT2D eigenvalue weighted by atomic mass is 10.2. The van der Waals surface area contributed by atoms with Crippen molar-refractivity contribution in [1.82, 2.24) is 0 Å². The molecule has 3 nitrogen and oxygen atoms in total. The Balaban J connectivity index is 2.75. The molecular formula is C10H13NO2. The van der Waals surface area contributed by atoms with Crippen molar-refractivity contribution >= 4 is 5.91 Å². The maximum absolute atomic E-state index is 11.1. The Kier molecular flexibility index (Phi) is 3.46. The molecule has 0 fully saturated rings. The van der Waals surface area contributed by atoms with Gasteiger partial charge in [-0.2, -0.15) is 0 Å². The van der Waals surface area contributed by atoms with Crippen molar-refractivity contribution in [2.24, 2.45) is 0 Å². The summed E-state index contributed by atoms with van der Waals surface area (Å²) in [6.07, 6.45) is 0. The van der Waals surface area contributed by atoms with Crippen LogP contribution in [0.2, 0.25) is 0 Å². The molecule has 3 heteroatoms. The van der Waals surface area contributed by atoms with E-state index in [1.807, 2.05) is 6.92 Å². The fraction of sp³-hybridized carbons (Fsp3) is 0.200. The Bertz CT molecular complexity index is 279. The van der Waals surface area contributed by atoms with E-state index >= 15 is 0 Å². The van der Waals surface area contributed by atoms with Crippen LogP contribution in [-0.4, -0.2) is 12.5 Å². The van der Waals surface area contributed by atoms with Crippen LogP contribution in [0.3, 0.4) is 0 Å². The van der Waals surface area contributed by atoms with Crippen LogP contribution >= 0.6 is 0 Å². The Morgan fingerprint density at radius 2 is 2.08 bits per heavy atom. The molecule has 0 spiro atoms. The first-order chi connectivity index (χ1) is 6.27. The topological polar surface area (TPSA) is 42.9 Å². The fourth-order valence-corrected chi connectivity index (χ4v) is 1.000. The van der Waals surface area contributed by atoms with Crippen molar-refractivity contribution < 1.29 is 14.8 Å². The van der Waals surface area contributed by atoms with Crippen LogP contribution in [0.4, 0.5) is 0 Å². The lowest BCUT2D eigenvalue weighted by Crippen LogP contribution is -2.81. The van der Waals surface area contributed by atoms with Gasteiger partial charge in [-0.3, -0.25) is 0 Å². The van der Waals surface area contributed by atoms with Crippen molar-refractivity contribution in [2.45, 2.75) is 6.92 Å². The van der Waals surface area contributed by atoms with Gasteiger partial charge in [-0.25, -0.2) is 4.79 Å². The summed E-state index contributed by atoms with van der Waals surface area (Å²) in [6, 6.07) is 7.02. The van der Waals surface area contributed by atoms with Crippen LogP contribution < -0.4 is 10.1 Å². The van der Waals surface area contributed by atoms with Gasteiger partial charge in [0.25, 0.3) is 0 Å². The number of primary amides is 1. The average molecular weight is 179 g/mol. The van der Waals surface area contributed by atoms with Gasteiger partial charge in [0.15, 0.2) is 0 Å². The molecule has 0 aliphatic rings. The van der Waals surface area contributed by atoms with Crippen LogP contribution in [0.15, 0.2) is 24.3 Å². The van der Waals surface area contributed by atoms with Crippen LogP contribution in [0, 0.1) is 7.05 Å². The molecule has 0 aliphatic heterocycles. The normalized spacial score (nSPS) is 9.69. The number of hydrogen-bond donors (Lipinski definition) is 1. The molecule has 0 unspecified atom stereocenters. The van der Waals surface area contributed by atoms with Crippen LogP contribution in [-0.2, 0) is 0 Å². The van der Waals surface area contributed by atoms with E-state index in [2.05, 4.69) is 7.05 Å². The van der Waals surface area contributed by atoms with E-state index in [0.717, 1.165) is 5.75 Å². The molecule has 0 saturated carbocycles. The average Bonchev–Trinajstić information content (AvgIpc) is 2.18. The van der Waals surface area contributed by atoms with E-state index in [1.54, 1.807) is 24.3 Å². The third-order valence-corrected chi connectivity index (χ3v) is 1.64. The number of ether oxygens (including phenoxy) is 1. The minimum absolute atomic E-state index is 0.0666. The van der Waals surface area contributed by atoms with E-state index < -0.39 is 0 Å². The summed E-state index contributed by atoms with van der Waals surface area (Å²) in [4.78, 5) is 11.1. The Labute approximate surface area is 77.7 Å². The Morgan fingerprint density at radius 3 is 2.54 bits per heavy atom. The molecule has 0 aliphatic carbocycles. The zero-order chi connectivity index (χ0) is 9.68. The quantitative estimate of drug-likeness (QED) is 0.690. The lowest BCUT2D eigenvalue weighted by Gasteiger charge is -2.03. The maximum atomic E-state index is 11.1. The van der Waals surface area contributed by atoms with E-state index in [4.69, 9.17) is 4.74 Å². The molecule has 1 aromatic rings. The van der Waals surface area contributed by atoms with Gasteiger partial charge in [-0.15, -0.1) is 7.05 Å². The highest BCUT2D eigenvalue weighted by molar-refractivity contribution is 5.86. The molecule has 1 aromatic carbocycles. The largest absolute Gasteiger partial charge is 0.494 e. The molecular weight excluding hydrogens is 166 g/mol. The molecule has 0 aromatic heterocycles. The molecule has 0 bridgehead atoms. The monoisotopic (exact) mass is 179 g/mol. The highest BCUT2D eigenvalue weighted by atomic mass is 16.5. The SMILES string of the molecule is [CH2-][NH2+]C(=O)c1ccc(OCC)cc1. The zero-order valence-electron chi connectivity index (χ0n) is 7.62. The number of carbonyl (C=O) groups is 1. The minimum Gasteiger partial charge on any atom is -0.494 e. The minimum atomic E-state index is -0.0666. The molecule has 13 heavy (non-hydrogen) atoms. The van der Waals surface area contributed by atoms with Crippen LogP contribution in [0.5, 0.6) is 5.75 Å². The maximum Gasteiger partial charge on any atom is 0.316 e. The van der Waals surface area contributed by atoms with Gasteiger partial charge in [-0.1, -0.05) is 0 Å². The van der Waals surface area contributed by atoms with Crippen molar-refractivity contribution in [3.63, 3.8) is 0 Å². The molecule has 70 valence electrons. The third kappa shape index (κ3) is 2.56. The number of amides is 1. The number of nitrogens with two attached hydrogens (primary N) is 1. The number of benzene rings is 1. The summed E-state index contributed by atoms with van der Waals surface area (Å²) in [6.45, 7) is 2.55. The van der Waals surface area contributed by atoms with Crippen molar-refractivity contribution in [2.75, 3.05) is 6.61 Å². The Morgan fingerprint density at radius 1 is 1.46 bits per heavy atom. The summed E-state index contributed by atoms with van der Waals surface area (Å²) in [5.74, 6) is 0.714. The molecule has 0 saturated heterocycles. The van der Waals surface area contributed by atoms with E-state index in [-0.39, 0.29) is 5.91 Å². The summed E-state index contributed by atoms with van der Waals surface area (Å²) in [5.41, 5.74) is 0.637. The zero-order valence-corrected chi connectivity index (χ0v) is 7.62. The summed E-state index contributed by atoms with van der Waals surface area (Å²) >= 11 is 0. The van der Waals surface area contributed by atoms with Crippen molar-refractivity contribution in [1.29, 1.82) is 0 Å². The van der Waals surface area contributed by atoms with E-state index in [1.165, 1.54) is 5.32 Å². The van der Waals surface area contributed by atoms with Crippen molar-refractivity contribution in [3.8, 4) is 5.75 Å². The van der Waals surface area contributed by atoms with Gasteiger partial charge in [0, 0.05) is 0 Å². The second kappa shape index (κ2) is 4.62. The lowest BCUT2D eigenvalue weighted by molar-refractivity contribution is -0.489. The van der Waals surface area contributed by atoms with Gasteiger partial charge in [0.1, 0.15) is 5.75 Å². The first kappa shape index (κ1) is 9.74. The molecule has 0 radical (unpaired) electrons. The number of hydrogen-bond acceptors (Lipinski definition) is 2. The summed E-state index contributed by atoms with van der Waals surface area (Å²) in [5, 5.41) is 1.30. The van der Waals surface area contributed by atoms with Gasteiger partial charge in [0.2, 0.25) is 0 Å². The predicted molar refractivity (Wildman–Crippen MR) is 49.2 cm³/mol. The molecule has 2 N–H and O–H groups in total. The number of carbonyl (C=O) groups excluding carboxylic acids is 1. The van der Waals surface area contributed by atoms with Crippen molar-refractivity contribution in [3.05, 3.63) is 36.9 Å². The smallest absolute Gasteiger partial charge is 0.316 e. The second-order valence-corrected chi connectivity index (χ2v) is 2.53. The first-order valence-corrected chi connectivity index (χ1v) is 4.17. The molecule has 0 atom stereocenters. The molecule has 0 heterocycles. The number of quaternary nitrogens is 1. The Hall–Kier alpha value is -1.35. The van der Waals surface area contributed by atoms with E-state index in [9.17, 15) is 4.79 Å². The third-order valence-electron chi connectivity index (χ3n) is 1.64. The van der Waals surface area contributed by atoms with Crippen LogP contribution in [0.25, 0.3) is 0 Å². The highest BCUT2D eigenvalue weighted by Gasteiger charge is 2.03.